The maximum atomic E-state index is 13.0. The minimum Gasteiger partial charge on any atom is -0.478 e. The number of Topliss-reactive ketones (excluding diaryl/α,β-unsaturated/α-hetero) is 1. The highest BCUT2D eigenvalue weighted by atomic mass is 32.1. The van der Waals surface area contributed by atoms with Crippen LogP contribution >= 0.6 is 11.3 Å². The molecular formula is C16H18F3NO4S. The average Bonchev–Trinajstić information content (AvgIpc) is 3.22. The molecule has 138 valence electrons. The number of fused-ring (bicyclic) bond motifs is 1. The zero-order chi connectivity index (χ0) is 18.4. The lowest BCUT2D eigenvalue weighted by Crippen LogP contribution is -2.41. The first-order valence-corrected chi connectivity index (χ1v) is 8.78. The van der Waals surface area contributed by atoms with Crippen LogP contribution < -0.4 is 5.73 Å². The molecule has 1 aromatic rings. The van der Waals surface area contributed by atoms with Gasteiger partial charge in [-0.25, -0.2) is 4.79 Å². The van der Waals surface area contributed by atoms with Crippen LogP contribution in [-0.2, 0) is 11.2 Å². The van der Waals surface area contributed by atoms with E-state index in [0.29, 0.717) is 24.3 Å². The van der Waals surface area contributed by atoms with Crippen LogP contribution in [0.4, 0.5) is 18.2 Å². The van der Waals surface area contributed by atoms with Gasteiger partial charge in [0.05, 0.1) is 22.5 Å². The molecule has 0 saturated heterocycles. The fourth-order valence-corrected chi connectivity index (χ4v) is 4.66. The van der Waals surface area contributed by atoms with Crippen molar-refractivity contribution < 1.29 is 32.6 Å². The summed E-state index contributed by atoms with van der Waals surface area (Å²) >= 11 is 0.912. The molecule has 1 fully saturated rings. The number of nitrogens with two attached hydrogens (primary N) is 1. The van der Waals surface area contributed by atoms with E-state index in [1.807, 2.05) is 0 Å². The average molecular weight is 377 g/mol. The van der Waals surface area contributed by atoms with Gasteiger partial charge in [-0.1, -0.05) is 12.8 Å². The van der Waals surface area contributed by atoms with Crippen LogP contribution in [0, 0.1) is 11.3 Å². The molecule has 0 radical (unpaired) electrons. The van der Waals surface area contributed by atoms with Crippen LogP contribution in [0.3, 0.4) is 0 Å². The van der Waals surface area contributed by atoms with Crippen LogP contribution in [0.5, 0.6) is 0 Å². The lowest BCUT2D eigenvalue weighted by Gasteiger charge is -2.35. The van der Waals surface area contributed by atoms with Crippen molar-refractivity contribution in [2.45, 2.75) is 38.3 Å². The van der Waals surface area contributed by atoms with Crippen LogP contribution in [-0.4, -0.2) is 36.2 Å². The lowest BCUT2D eigenvalue weighted by atomic mass is 9.70. The molecule has 1 aromatic heterocycles. The van der Waals surface area contributed by atoms with E-state index in [0.717, 1.165) is 24.2 Å². The fourth-order valence-electron chi connectivity index (χ4n) is 3.49. The Morgan fingerprint density at radius 3 is 2.64 bits per heavy atom. The minimum absolute atomic E-state index is 0.0513. The number of carboxylic acid groups (broad SMARTS) is 1. The molecule has 1 atom stereocenters. The first-order chi connectivity index (χ1) is 11.6. The van der Waals surface area contributed by atoms with Crippen LogP contribution in [0.1, 0.15) is 51.3 Å². The molecule has 5 nitrogen and oxygen atoms in total. The van der Waals surface area contributed by atoms with Crippen molar-refractivity contribution in [3.05, 3.63) is 16.0 Å². The molecule has 1 saturated carbocycles. The summed E-state index contributed by atoms with van der Waals surface area (Å²) in [6, 6.07) is 0. The molecule has 0 aromatic carbocycles. The maximum Gasteiger partial charge on any atom is 0.411 e. The summed E-state index contributed by atoms with van der Waals surface area (Å²) in [5.41, 5.74) is 5.08. The Balaban J connectivity index is 1.88. The topological polar surface area (TPSA) is 89.6 Å². The molecule has 0 spiro atoms. The molecule has 0 amide bonds. The van der Waals surface area contributed by atoms with Crippen molar-refractivity contribution >= 4 is 28.1 Å². The third-order valence-electron chi connectivity index (χ3n) is 4.81. The van der Waals surface area contributed by atoms with E-state index < -0.39 is 24.2 Å². The Morgan fingerprint density at radius 2 is 2.08 bits per heavy atom. The minimum atomic E-state index is -4.45. The summed E-state index contributed by atoms with van der Waals surface area (Å²) < 4.78 is 42.1. The summed E-state index contributed by atoms with van der Waals surface area (Å²) in [5.74, 6) is -1.20. The number of halogens is 3. The normalized spacial score (nSPS) is 23.6. The third-order valence-corrected chi connectivity index (χ3v) is 5.87. The monoisotopic (exact) mass is 377 g/mol. The van der Waals surface area contributed by atoms with Gasteiger partial charge in [-0.2, -0.15) is 13.2 Å². The second-order valence-electron chi connectivity index (χ2n) is 6.82. The van der Waals surface area contributed by atoms with Gasteiger partial charge in [0, 0.05) is 0 Å². The Hall–Kier alpha value is -1.61. The van der Waals surface area contributed by atoms with Crippen molar-refractivity contribution in [1.82, 2.24) is 0 Å². The number of aromatic carboxylic acids is 1. The standard InChI is InChI=1S/C16H18F3NO4S/c17-16(18,19)7-24-6-15(5-8-1-2-8)4-3-9-10(14(22)23)13(20)25-11(9)12(15)21/h8H,1-7,20H2,(H,22,23). The molecule has 3 N–H and O–H groups in total. The van der Waals surface area contributed by atoms with Crippen LogP contribution in [0.2, 0.25) is 0 Å². The molecule has 0 aliphatic heterocycles. The lowest BCUT2D eigenvalue weighted by molar-refractivity contribution is -0.179. The first-order valence-electron chi connectivity index (χ1n) is 7.97. The number of ether oxygens (including phenoxy) is 1. The highest BCUT2D eigenvalue weighted by Crippen LogP contribution is 2.50. The van der Waals surface area contributed by atoms with Crippen molar-refractivity contribution in [2.24, 2.45) is 11.3 Å². The summed E-state index contributed by atoms with van der Waals surface area (Å²) in [6.07, 6.45) is -1.48. The number of hydrogen-bond acceptors (Lipinski definition) is 5. The molecule has 1 heterocycles. The van der Waals surface area contributed by atoms with Crippen molar-refractivity contribution in [2.75, 3.05) is 18.9 Å². The van der Waals surface area contributed by atoms with Gasteiger partial charge in [0.1, 0.15) is 11.6 Å². The molecule has 2 aliphatic carbocycles. The van der Waals surface area contributed by atoms with E-state index in [4.69, 9.17) is 10.5 Å². The highest BCUT2D eigenvalue weighted by Gasteiger charge is 2.48. The van der Waals surface area contributed by atoms with Gasteiger partial charge in [-0.05, 0) is 30.7 Å². The molecule has 3 rings (SSSR count). The van der Waals surface area contributed by atoms with Gasteiger partial charge in [-0.3, -0.25) is 4.79 Å². The van der Waals surface area contributed by atoms with Gasteiger partial charge in [0.25, 0.3) is 0 Å². The van der Waals surface area contributed by atoms with E-state index in [1.165, 1.54) is 0 Å². The van der Waals surface area contributed by atoms with E-state index in [-0.39, 0.29) is 34.3 Å². The number of alkyl halides is 3. The van der Waals surface area contributed by atoms with Crippen molar-refractivity contribution in [3.8, 4) is 0 Å². The maximum absolute atomic E-state index is 13.0. The third kappa shape index (κ3) is 3.67. The number of anilines is 1. The molecule has 9 heteroatoms. The SMILES string of the molecule is Nc1sc2c(c1C(=O)O)CCC(COCC(F)(F)F)(CC1CC1)C2=O. The smallest absolute Gasteiger partial charge is 0.411 e. The number of nitrogen functional groups attached to an aromatic ring is 1. The summed E-state index contributed by atoms with van der Waals surface area (Å²) in [5, 5.41) is 9.34. The zero-order valence-corrected chi connectivity index (χ0v) is 14.1. The van der Waals surface area contributed by atoms with Crippen LogP contribution in [0.25, 0.3) is 0 Å². The predicted molar refractivity (Wildman–Crippen MR) is 85.0 cm³/mol. The number of carboxylic acids is 1. The van der Waals surface area contributed by atoms with E-state index in [1.54, 1.807) is 0 Å². The molecule has 1 unspecified atom stereocenters. The Bertz CT molecular complexity index is 711. The number of thiophene rings is 1. The van der Waals surface area contributed by atoms with E-state index >= 15 is 0 Å². The Kier molecular flexibility index (Phi) is 4.57. The fraction of sp³-hybridized carbons (Fsp3) is 0.625. The summed E-state index contributed by atoms with van der Waals surface area (Å²) in [7, 11) is 0. The molecule has 0 bridgehead atoms. The zero-order valence-electron chi connectivity index (χ0n) is 13.3. The first kappa shape index (κ1) is 18.2. The number of hydrogen-bond donors (Lipinski definition) is 2. The van der Waals surface area contributed by atoms with E-state index in [9.17, 15) is 27.9 Å². The van der Waals surface area contributed by atoms with Crippen LogP contribution in [0.15, 0.2) is 0 Å². The van der Waals surface area contributed by atoms with Gasteiger partial charge >= 0.3 is 12.1 Å². The molecule has 25 heavy (non-hydrogen) atoms. The van der Waals surface area contributed by atoms with Crippen molar-refractivity contribution in [3.63, 3.8) is 0 Å². The second kappa shape index (κ2) is 6.28. The number of ketones is 1. The van der Waals surface area contributed by atoms with Crippen molar-refractivity contribution in [1.29, 1.82) is 0 Å². The van der Waals surface area contributed by atoms with E-state index in [2.05, 4.69) is 0 Å². The quantitative estimate of drug-likeness (QED) is 0.792. The Morgan fingerprint density at radius 1 is 1.40 bits per heavy atom. The summed E-state index contributed by atoms with van der Waals surface area (Å²) in [4.78, 5) is 24.7. The van der Waals surface area contributed by atoms with Gasteiger partial charge in [0.15, 0.2) is 5.78 Å². The van der Waals surface area contributed by atoms with Gasteiger partial charge in [-0.15, -0.1) is 11.3 Å². The summed E-state index contributed by atoms with van der Waals surface area (Å²) in [6.45, 7) is -1.70. The van der Waals surface area contributed by atoms with Gasteiger partial charge < -0.3 is 15.6 Å². The highest BCUT2D eigenvalue weighted by molar-refractivity contribution is 7.18. The Labute approximate surface area is 146 Å². The second-order valence-corrected chi connectivity index (χ2v) is 7.87. The number of carbonyl (C=O) groups is 2. The van der Waals surface area contributed by atoms with Gasteiger partial charge in [0.2, 0.25) is 0 Å². The predicted octanol–water partition coefficient (Wildman–Crippen LogP) is 3.52. The molecular weight excluding hydrogens is 359 g/mol. The molecule has 2 aliphatic rings. The number of carbonyl (C=O) groups excluding carboxylic acids is 1. The largest absolute Gasteiger partial charge is 0.478 e. The number of rotatable bonds is 6.